The van der Waals surface area contributed by atoms with Crippen LogP contribution in [-0.2, 0) is 0 Å². The van der Waals surface area contributed by atoms with Gasteiger partial charge in [0.1, 0.15) is 0 Å². The summed E-state index contributed by atoms with van der Waals surface area (Å²) in [6.07, 6.45) is 4.07. The first-order valence-electron chi connectivity index (χ1n) is 7.45. The molecule has 2 atom stereocenters. The second-order valence-electron chi connectivity index (χ2n) is 5.98. The number of nitrogens with zero attached hydrogens (tertiary/aromatic N) is 1. The maximum Gasteiger partial charge on any atom is 0.0558 e. The third-order valence-corrected chi connectivity index (χ3v) is 5.31. The highest BCUT2D eigenvalue weighted by atomic mass is 32.1. The molecule has 2 unspecified atom stereocenters. The van der Waals surface area contributed by atoms with Gasteiger partial charge in [0, 0.05) is 36.5 Å². The molecule has 19 heavy (non-hydrogen) atoms. The van der Waals surface area contributed by atoms with Gasteiger partial charge in [0.25, 0.3) is 0 Å². The Hall–Kier alpha value is -0.420. The number of nitrogens with one attached hydrogen (secondary N) is 1. The van der Waals surface area contributed by atoms with Crippen LogP contribution in [-0.4, -0.2) is 48.8 Å². The SMILES string of the molecule is OCCN1CC(NCC2CC2)CC(c2cccs2)C1. The molecular formula is C15H24N2OS. The fourth-order valence-electron chi connectivity index (χ4n) is 3.05. The Balaban J connectivity index is 1.59. The van der Waals surface area contributed by atoms with E-state index in [4.69, 9.17) is 0 Å². The van der Waals surface area contributed by atoms with Crippen molar-refractivity contribution in [2.45, 2.75) is 31.2 Å². The minimum Gasteiger partial charge on any atom is -0.395 e. The summed E-state index contributed by atoms with van der Waals surface area (Å²) >= 11 is 1.87. The highest BCUT2D eigenvalue weighted by Crippen LogP contribution is 2.31. The van der Waals surface area contributed by atoms with Crippen molar-refractivity contribution in [2.75, 3.05) is 32.8 Å². The van der Waals surface area contributed by atoms with E-state index in [1.54, 1.807) is 0 Å². The number of piperidine rings is 1. The second kappa shape index (κ2) is 6.35. The third-order valence-electron chi connectivity index (χ3n) is 4.28. The Morgan fingerprint density at radius 2 is 2.26 bits per heavy atom. The molecular weight excluding hydrogens is 256 g/mol. The van der Waals surface area contributed by atoms with Gasteiger partial charge in [-0.05, 0) is 43.2 Å². The first kappa shape index (κ1) is 13.6. The first-order chi connectivity index (χ1) is 9.35. The smallest absolute Gasteiger partial charge is 0.0558 e. The van der Waals surface area contributed by atoms with E-state index in [1.807, 2.05) is 11.3 Å². The van der Waals surface area contributed by atoms with Crippen molar-refractivity contribution >= 4 is 11.3 Å². The molecule has 3 rings (SSSR count). The predicted octanol–water partition coefficient (Wildman–Crippen LogP) is 1.90. The van der Waals surface area contributed by atoms with Gasteiger partial charge in [-0.3, -0.25) is 4.90 Å². The van der Waals surface area contributed by atoms with Crippen LogP contribution < -0.4 is 5.32 Å². The monoisotopic (exact) mass is 280 g/mol. The molecule has 1 saturated carbocycles. The zero-order valence-corrected chi connectivity index (χ0v) is 12.2. The van der Waals surface area contributed by atoms with E-state index in [1.165, 1.54) is 30.7 Å². The maximum absolute atomic E-state index is 9.19. The molecule has 1 aliphatic heterocycles. The van der Waals surface area contributed by atoms with Crippen LogP contribution in [0.3, 0.4) is 0 Å². The highest BCUT2D eigenvalue weighted by molar-refractivity contribution is 7.10. The van der Waals surface area contributed by atoms with Crippen molar-refractivity contribution in [3.05, 3.63) is 22.4 Å². The number of hydrogen-bond donors (Lipinski definition) is 2. The molecule has 0 spiro atoms. The molecule has 4 heteroatoms. The van der Waals surface area contributed by atoms with Crippen LogP contribution in [0.2, 0.25) is 0 Å². The number of thiophene rings is 1. The standard InChI is InChI=1S/C15H24N2OS/c18-6-5-17-10-13(15-2-1-7-19-15)8-14(11-17)16-9-12-3-4-12/h1-2,7,12-14,16,18H,3-6,8-11H2. The Kier molecular flexibility index (Phi) is 4.53. The van der Waals surface area contributed by atoms with Gasteiger partial charge < -0.3 is 10.4 Å². The van der Waals surface area contributed by atoms with Crippen molar-refractivity contribution in [3.63, 3.8) is 0 Å². The summed E-state index contributed by atoms with van der Waals surface area (Å²) in [6.45, 7) is 4.46. The maximum atomic E-state index is 9.19. The van der Waals surface area contributed by atoms with E-state index < -0.39 is 0 Å². The fourth-order valence-corrected chi connectivity index (χ4v) is 3.88. The van der Waals surface area contributed by atoms with Crippen LogP contribution in [0, 0.1) is 5.92 Å². The van der Waals surface area contributed by atoms with Gasteiger partial charge in [-0.15, -0.1) is 11.3 Å². The Labute approximate surface area is 119 Å². The van der Waals surface area contributed by atoms with Gasteiger partial charge in [-0.25, -0.2) is 0 Å². The fraction of sp³-hybridized carbons (Fsp3) is 0.733. The van der Waals surface area contributed by atoms with Gasteiger partial charge in [-0.1, -0.05) is 6.07 Å². The lowest BCUT2D eigenvalue weighted by Gasteiger charge is -2.37. The van der Waals surface area contributed by atoms with E-state index >= 15 is 0 Å². The topological polar surface area (TPSA) is 35.5 Å². The zero-order valence-electron chi connectivity index (χ0n) is 11.4. The van der Waals surface area contributed by atoms with E-state index in [0.29, 0.717) is 12.0 Å². The lowest BCUT2D eigenvalue weighted by atomic mass is 9.92. The Morgan fingerprint density at radius 1 is 1.37 bits per heavy atom. The number of rotatable bonds is 6. The molecule has 0 radical (unpaired) electrons. The summed E-state index contributed by atoms with van der Waals surface area (Å²) < 4.78 is 0. The third kappa shape index (κ3) is 3.78. The van der Waals surface area contributed by atoms with Crippen LogP contribution >= 0.6 is 11.3 Å². The van der Waals surface area contributed by atoms with Crippen molar-refractivity contribution in [1.82, 2.24) is 10.2 Å². The molecule has 1 saturated heterocycles. The van der Waals surface area contributed by atoms with Gasteiger partial charge in [-0.2, -0.15) is 0 Å². The largest absolute Gasteiger partial charge is 0.395 e. The minimum absolute atomic E-state index is 0.270. The normalized spacial score (nSPS) is 28.7. The van der Waals surface area contributed by atoms with Crippen LogP contribution in [0.1, 0.15) is 30.1 Å². The van der Waals surface area contributed by atoms with Crippen LogP contribution in [0.5, 0.6) is 0 Å². The summed E-state index contributed by atoms with van der Waals surface area (Å²) in [5.41, 5.74) is 0. The summed E-state index contributed by atoms with van der Waals surface area (Å²) in [4.78, 5) is 3.92. The number of aliphatic hydroxyl groups excluding tert-OH is 1. The summed E-state index contributed by atoms with van der Waals surface area (Å²) in [7, 11) is 0. The average molecular weight is 280 g/mol. The molecule has 3 nitrogen and oxygen atoms in total. The van der Waals surface area contributed by atoms with Gasteiger partial charge in [0.05, 0.1) is 6.61 Å². The summed E-state index contributed by atoms with van der Waals surface area (Å²) in [5, 5.41) is 15.1. The molecule has 1 aliphatic carbocycles. The first-order valence-corrected chi connectivity index (χ1v) is 8.33. The number of hydrogen-bond acceptors (Lipinski definition) is 4. The molecule has 0 bridgehead atoms. The molecule has 106 valence electrons. The molecule has 0 aromatic carbocycles. The van der Waals surface area contributed by atoms with E-state index in [2.05, 4.69) is 27.7 Å². The lowest BCUT2D eigenvalue weighted by Crippen LogP contribution is -2.49. The van der Waals surface area contributed by atoms with Gasteiger partial charge in [0.15, 0.2) is 0 Å². The number of β-amino-alcohol motifs (C(OH)–C–C–N with tert-alkyl or cyclic N) is 1. The van der Waals surface area contributed by atoms with E-state index in [9.17, 15) is 5.11 Å². The summed E-state index contributed by atoms with van der Waals surface area (Å²) in [5.74, 6) is 1.57. The number of aliphatic hydroxyl groups is 1. The van der Waals surface area contributed by atoms with Crippen LogP contribution in [0.4, 0.5) is 0 Å². The molecule has 1 aromatic heterocycles. The van der Waals surface area contributed by atoms with Gasteiger partial charge in [0.2, 0.25) is 0 Å². The van der Waals surface area contributed by atoms with E-state index in [0.717, 1.165) is 25.6 Å². The lowest BCUT2D eigenvalue weighted by molar-refractivity contribution is 0.139. The van der Waals surface area contributed by atoms with Gasteiger partial charge >= 0.3 is 0 Å². The number of likely N-dealkylation sites (tertiary alicyclic amines) is 1. The predicted molar refractivity (Wildman–Crippen MR) is 79.7 cm³/mol. The van der Waals surface area contributed by atoms with Crippen molar-refractivity contribution in [3.8, 4) is 0 Å². The Bertz CT molecular complexity index is 378. The van der Waals surface area contributed by atoms with E-state index in [-0.39, 0.29) is 6.61 Å². The molecule has 2 aliphatic rings. The molecule has 2 heterocycles. The minimum atomic E-state index is 0.270. The van der Waals surface area contributed by atoms with Crippen LogP contribution in [0.25, 0.3) is 0 Å². The average Bonchev–Trinajstić information content (AvgIpc) is 3.08. The van der Waals surface area contributed by atoms with Crippen molar-refractivity contribution in [1.29, 1.82) is 0 Å². The quantitative estimate of drug-likeness (QED) is 0.835. The molecule has 0 amide bonds. The van der Waals surface area contributed by atoms with Crippen molar-refractivity contribution < 1.29 is 5.11 Å². The zero-order chi connectivity index (χ0) is 13.1. The Morgan fingerprint density at radius 3 is 2.95 bits per heavy atom. The van der Waals surface area contributed by atoms with Crippen molar-refractivity contribution in [2.24, 2.45) is 5.92 Å². The second-order valence-corrected chi connectivity index (χ2v) is 6.96. The molecule has 1 aromatic rings. The molecule has 2 fully saturated rings. The molecule has 2 N–H and O–H groups in total. The van der Waals surface area contributed by atoms with Crippen LogP contribution in [0.15, 0.2) is 17.5 Å². The highest BCUT2D eigenvalue weighted by Gasteiger charge is 2.30. The summed E-state index contributed by atoms with van der Waals surface area (Å²) in [6, 6.07) is 5.00.